The standard InChI is InChI=1S/C13H14N2O3.C11H10N2O2.C10H7ClN2O2.C6H6N2O2.C6H5NO3/c1-8(2)18-9-3-4-10-11(7-9)15-12(14-10)5-6-13(16)17;1-7-2-3-8-9(6-7)13-10(12-8)4-5-11(14)15;11-6-1-2-7-8(5-6)13-9(12-7)3-4-10(14)15;9-6(10)2-1-5-7-3-4-8-5;8-6(9)2-1-5-7-3-4-10-5/h3-8H,1-2H3,(H,14,15)(H,16,17);2-6H,1H3,(H,12,13)(H,14,15);1-5H,(H,12,13)(H,14,15);1-4H,(H,7,8)(H,9,10);1-4H,(H,8,9). The predicted molar refractivity (Wildman–Crippen MR) is 252 cm³/mol. The Hall–Kier alpha value is -9.37. The number of imidazole rings is 4. The highest BCUT2D eigenvalue weighted by Crippen LogP contribution is 2.21. The summed E-state index contributed by atoms with van der Waals surface area (Å²) < 4.78 is 10.3. The molecule has 0 fully saturated rings. The molecule has 0 aliphatic heterocycles. The zero-order valence-corrected chi connectivity index (χ0v) is 36.8. The summed E-state index contributed by atoms with van der Waals surface area (Å²) in [6.07, 6.45) is 18.2. The first kappa shape index (κ1) is 51.3. The van der Waals surface area contributed by atoms with Crippen LogP contribution in [0, 0.1) is 6.92 Å². The zero-order valence-electron chi connectivity index (χ0n) is 36.1. The van der Waals surface area contributed by atoms with Crippen LogP contribution in [0.15, 0.2) is 114 Å². The molecule has 21 nitrogen and oxygen atoms in total. The summed E-state index contributed by atoms with van der Waals surface area (Å²) in [6.45, 7) is 5.91. The third kappa shape index (κ3) is 18.8. The number of aromatic nitrogens is 9. The average Bonchev–Trinajstić information content (AvgIpc) is 4.14. The van der Waals surface area contributed by atoms with Crippen molar-refractivity contribution < 1.29 is 58.7 Å². The second kappa shape index (κ2) is 25.8. The lowest BCUT2D eigenvalue weighted by Gasteiger charge is -2.08. The lowest BCUT2D eigenvalue weighted by Crippen LogP contribution is -2.05. The Morgan fingerprint density at radius 2 is 1.04 bits per heavy atom. The lowest BCUT2D eigenvalue weighted by atomic mass is 10.2. The van der Waals surface area contributed by atoms with Gasteiger partial charge in [0.25, 0.3) is 0 Å². The third-order valence-corrected chi connectivity index (χ3v) is 8.07. The van der Waals surface area contributed by atoms with E-state index in [4.69, 9.17) is 46.3 Å². The number of hydrogen-bond acceptors (Lipinski definition) is 12. The van der Waals surface area contributed by atoms with Gasteiger partial charge in [-0.25, -0.2) is 48.9 Å². The molecule has 0 aliphatic rings. The van der Waals surface area contributed by atoms with Crippen molar-refractivity contribution in [3.63, 3.8) is 0 Å². The minimum atomic E-state index is -1.02. The molecule has 0 radical (unpaired) electrons. The number of aromatic amines is 4. The second-order valence-electron chi connectivity index (χ2n) is 13.6. The zero-order chi connectivity index (χ0) is 49.6. The van der Waals surface area contributed by atoms with Crippen LogP contribution in [0.5, 0.6) is 5.75 Å². The summed E-state index contributed by atoms with van der Waals surface area (Å²) in [5.74, 6) is -1.82. The van der Waals surface area contributed by atoms with Gasteiger partial charge in [0.2, 0.25) is 5.89 Å². The van der Waals surface area contributed by atoms with Gasteiger partial charge in [0.1, 0.15) is 35.3 Å². The minimum Gasteiger partial charge on any atom is -0.491 e. The van der Waals surface area contributed by atoms with E-state index in [-0.39, 0.29) is 6.10 Å². The molecule has 0 spiro atoms. The molecule has 8 aromatic rings. The molecule has 8 rings (SSSR count). The number of carboxylic acid groups (broad SMARTS) is 5. The van der Waals surface area contributed by atoms with Crippen LogP contribution in [-0.4, -0.2) is 106 Å². The van der Waals surface area contributed by atoms with E-state index in [0.29, 0.717) is 34.2 Å². The Kier molecular flexibility index (Phi) is 19.5. The van der Waals surface area contributed by atoms with Gasteiger partial charge in [-0.2, -0.15) is 0 Å². The number of aryl methyl sites for hydroxylation is 1. The van der Waals surface area contributed by atoms with Gasteiger partial charge in [0.05, 0.1) is 45.4 Å². The van der Waals surface area contributed by atoms with E-state index >= 15 is 0 Å². The summed E-state index contributed by atoms with van der Waals surface area (Å²) in [4.78, 5) is 82.7. The maximum absolute atomic E-state index is 10.4. The van der Waals surface area contributed by atoms with Crippen molar-refractivity contribution in [3.05, 3.63) is 150 Å². The van der Waals surface area contributed by atoms with Gasteiger partial charge < -0.3 is 54.6 Å². The van der Waals surface area contributed by atoms with Gasteiger partial charge in [-0.15, -0.1) is 0 Å². The van der Waals surface area contributed by atoms with Crippen LogP contribution in [0.4, 0.5) is 0 Å². The van der Waals surface area contributed by atoms with Gasteiger partial charge in [-0.1, -0.05) is 17.7 Å². The Labute approximate surface area is 389 Å². The first-order chi connectivity index (χ1) is 32.4. The monoisotopic (exact) mass is 947 g/mol. The van der Waals surface area contributed by atoms with E-state index in [2.05, 4.69) is 44.9 Å². The van der Waals surface area contributed by atoms with Crippen molar-refractivity contribution in [1.29, 1.82) is 0 Å². The molecule has 0 unspecified atom stereocenters. The maximum atomic E-state index is 10.4. The lowest BCUT2D eigenvalue weighted by molar-refractivity contribution is -0.132. The number of nitrogens with one attached hydrogen (secondary N) is 4. The highest BCUT2D eigenvalue weighted by Gasteiger charge is 2.05. The molecular formula is C46H42ClN9O12. The van der Waals surface area contributed by atoms with Crippen molar-refractivity contribution in [2.75, 3.05) is 0 Å². The number of oxazole rings is 1. The van der Waals surface area contributed by atoms with Crippen LogP contribution in [0.25, 0.3) is 63.5 Å². The first-order valence-electron chi connectivity index (χ1n) is 19.6. The van der Waals surface area contributed by atoms with E-state index in [1.165, 1.54) is 42.8 Å². The molecule has 0 saturated heterocycles. The molecule has 0 amide bonds. The number of ether oxygens (including phenoxy) is 1. The molecule has 5 aromatic heterocycles. The largest absolute Gasteiger partial charge is 0.491 e. The Balaban J connectivity index is 0.000000189. The number of aliphatic carboxylic acids is 5. The number of carboxylic acids is 5. The Morgan fingerprint density at radius 1 is 0.588 bits per heavy atom. The number of fused-ring (bicyclic) bond motifs is 3. The summed E-state index contributed by atoms with van der Waals surface area (Å²) >= 11 is 5.80. The van der Waals surface area contributed by atoms with Crippen molar-refractivity contribution in [1.82, 2.24) is 44.9 Å². The number of carbonyl (C=O) groups is 5. The summed E-state index contributed by atoms with van der Waals surface area (Å²) in [6, 6.07) is 16.6. The number of H-pyrrole nitrogens is 4. The van der Waals surface area contributed by atoms with Gasteiger partial charge in [0.15, 0.2) is 0 Å². The SMILES string of the molecule is CC(C)Oc1ccc2nc(C=CC(=O)O)[nH]c2c1.Cc1ccc2nc(C=CC(=O)O)[nH]c2c1.O=C(O)C=Cc1nc2ccc(Cl)cc2[nH]1.O=C(O)C=Cc1ncc[nH]1.O=C(O)C=Cc1ncco1. The molecule has 9 N–H and O–H groups in total. The number of benzene rings is 3. The molecular weight excluding hydrogens is 906 g/mol. The quantitative estimate of drug-likeness (QED) is 0.0523. The van der Waals surface area contributed by atoms with E-state index in [1.54, 1.807) is 30.6 Å². The fourth-order valence-electron chi connectivity index (χ4n) is 5.16. The molecule has 68 heavy (non-hydrogen) atoms. The van der Waals surface area contributed by atoms with Crippen LogP contribution in [0.1, 0.15) is 48.6 Å². The molecule has 0 atom stereocenters. The van der Waals surface area contributed by atoms with Crippen LogP contribution in [0.3, 0.4) is 0 Å². The van der Waals surface area contributed by atoms with E-state index in [1.807, 2.05) is 57.2 Å². The first-order valence-corrected chi connectivity index (χ1v) is 20.0. The summed E-state index contributed by atoms with van der Waals surface area (Å²) in [5, 5.41) is 42.4. The summed E-state index contributed by atoms with van der Waals surface area (Å²) in [5.41, 5.74) is 6.02. The number of hydrogen-bond donors (Lipinski definition) is 9. The van der Waals surface area contributed by atoms with Gasteiger partial charge >= 0.3 is 29.8 Å². The van der Waals surface area contributed by atoms with Crippen molar-refractivity contribution >= 4 is 105 Å². The van der Waals surface area contributed by atoms with Gasteiger partial charge in [0, 0.05) is 59.9 Å². The number of rotatable bonds is 12. The smallest absolute Gasteiger partial charge is 0.328 e. The summed E-state index contributed by atoms with van der Waals surface area (Å²) in [7, 11) is 0. The predicted octanol–water partition coefficient (Wildman–Crippen LogP) is 8.01. The van der Waals surface area contributed by atoms with Crippen molar-refractivity contribution in [2.24, 2.45) is 0 Å². The molecule has 0 aliphatic carbocycles. The van der Waals surface area contributed by atoms with Gasteiger partial charge in [-0.05, 0) is 93.1 Å². The van der Waals surface area contributed by atoms with Crippen LogP contribution in [-0.2, 0) is 24.0 Å². The number of nitrogens with zero attached hydrogens (tertiary/aromatic N) is 5. The Morgan fingerprint density at radius 3 is 1.50 bits per heavy atom. The van der Waals surface area contributed by atoms with Crippen molar-refractivity contribution in [2.45, 2.75) is 26.9 Å². The fraction of sp³-hybridized carbons (Fsp3) is 0.0870. The fourth-order valence-corrected chi connectivity index (χ4v) is 5.34. The molecule has 3 aromatic carbocycles. The Bertz CT molecular complexity index is 2950. The number of halogens is 1. The van der Waals surface area contributed by atoms with E-state index < -0.39 is 29.8 Å². The van der Waals surface area contributed by atoms with Gasteiger partial charge in [-0.3, -0.25) is 0 Å². The molecule has 350 valence electrons. The third-order valence-electron chi connectivity index (χ3n) is 7.84. The highest BCUT2D eigenvalue weighted by molar-refractivity contribution is 6.31. The van der Waals surface area contributed by atoms with Crippen LogP contribution < -0.4 is 4.74 Å². The normalized spacial score (nSPS) is 11.1. The topological polar surface area (TPSA) is 336 Å². The molecule has 0 bridgehead atoms. The molecule has 0 saturated carbocycles. The highest BCUT2D eigenvalue weighted by atomic mass is 35.5. The molecule has 22 heteroatoms. The van der Waals surface area contributed by atoms with Crippen LogP contribution >= 0.6 is 11.6 Å². The maximum Gasteiger partial charge on any atom is 0.328 e. The minimum absolute atomic E-state index is 0.108. The van der Waals surface area contributed by atoms with Crippen molar-refractivity contribution in [3.8, 4) is 5.75 Å². The van der Waals surface area contributed by atoms with Crippen LogP contribution in [0.2, 0.25) is 5.02 Å². The second-order valence-corrected chi connectivity index (χ2v) is 14.0. The van der Waals surface area contributed by atoms with E-state index in [0.717, 1.165) is 74.8 Å². The van der Waals surface area contributed by atoms with E-state index in [9.17, 15) is 24.0 Å². The average molecular weight is 948 g/mol. The molecule has 5 heterocycles.